The van der Waals surface area contributed by atoms with Crippen LogP contribution in [-0.2, 0) is 0 Å². The summed E-state index contributed by atoms with van der Waals surface area (Å²) in [7, 11) is 0. The van der Waals surface area contributed by atoms with Crippen molar-refractivity contribution in [2.45, 2.75) is 40.5 Å². The van der Waals surface area contributed by atoms with Crippen molar-refractivity contribution >= 4 is 0 Å². The Bertz CT molecular complexity index is 114. The predicted octanol–water partition coefficient (Wildman–Crippen LogP) is 3.11. The second kappa shape index (κ2) is 6.15. The Kier molecular flexibility index (Phi) is 5.95. The van der Waals surface area contributed by atoms with Crippen LogP contribution in [0, 0.1) is 11.8 Å². The van der Waals surface area contributed by atoms with Crippen molar-refractivity contribution in [1.29, 1.82) is 0 Å². The number of nitrogens with zero attached hydrogens (tertiary/aromatic N) is 2. The lowest BCUT2D eigenvalue weighted by Crippen LogP contribution is -2.13. The minimum absolute atomic E-state index is 0.679. The zero-order valence-electron chi connectivity index (χ0n) is 8.88. The van der Waals surface area contributed by atoms with E-state index in [4.69, 9.17) is 0 Å². The Hall–Kier alpha value is -0.400. The first-order chi connectivity index (χ1) is 5.52. The molecular weight excluding hydrogens is 148 g/mol. The van der Waals surface area contributed by atoms with Crippen LogP contribution in [-0.4, -0.2) is 17.8 Å². The molecule has 0 saturated heterocycles. The summed E-state index contributed by atoms with van der Waals surface area (Å²) in [6.07, 6.45) is 2.16. The van der Waals surface area contributed by atoms with Crippen molar-refractivity contribution in [3.8, 4) is 0 Å². The van der Waals surface area contributed by atoms with Crippen molar-refractivity contribution < 1.29 is 4.70 Å². The molecular formula is C10H22N2. The molecule has 0 fully saturated rings. The highest BCUT2D eigenvalue weighted by molar-refractivity contribution is 4.44. The Morgan fingerprint density at radius 3 is 1.50 bits per heavy atom. The van der Waals surface area contributed by atoms with Crippen molar-refractivity contribution in [3.63, 3.8) is 0 Å². The van der Waals surface area contributed by atoms with Crippen LogP contribution in [0.1, 0.15) is 40.5 Å². The lowest BCUT2D eigenvalue weighted by molar-refractivity contribution is -0.551. The van der Waals surface area contributed by atoms with Crippen LogP contribution >= 0.6 is 0 Å². The van der Waals surface area contributed by atoms with Gasteiger partial charge >= 0.3 is 0 Å². The summed E-state index contributed by atoms with van der Waals surface area (Å²) in [6.45, 7) is 10.3. The van der Waals surface area contributed by atoms with E-state index in [0.717, 1.165) is 25.9 Å². The molecule has 0 saturated carbocycles. The van der Waals surface area contributed by atoms with Crippen LogP contribution in [0.4, 0.5) is 0 Å². The first kappa shape index (κ1) is 11.6. The van der Waals surface area contributed by atoms with E-state index in [9.17, 15) is 5.53 Å². The Morgan fingerprint density at radius 1 is 0.917 bits per heavy atom. The molecule has 0 aromatic carbocycles. The summed E-state index contributed by atoms with van der Waals surface area (Å²) in [6, 6.07) is 0. The summed E-state index contributed by atoms with van der Waals surface area (Å²) < 4.78 is 1.44. The zero-order chi connectivity index (χ0) is 9.56. The fraction of sp³-hybridized carbons (Fsp3) is 1.00. The van der Waals surface area contributed by atoms with Gasteiger partial charge in [-0.3, -0.25) is 0 Å². The average Bonchev–Trinajstić information content (AvgIpc) is 1.96. The van der Waals surface area contributed by atoms with Gasteiger partial charge < -0.3 is 10.2 Å². The van der Waals surface area contributed by atoms with Gasteiger partial charge in [0, 0.05) is 12.8 Å². The number of hydrogen-bond acceptors (Lipinski definition) is 0. The molecule has 0 N–H and O–H groups in total. The van der Waals surface area contributed by atoms with Gasteiger partial charge in [0.2, 0.25) is 0 Å². The predicted molar refractivity (Wildman–Crippen MR) is 52.3 cm³/mol. The number of hydrogen-bond donors (Lipinski definition) is 0. The largest absolute Gasteiger partial charge is 0.507 e. The third kappa shape index (κ3) is 7.70. The van der Waals surface area contributed by atoms with Crippen LogP contribution in [0.2, 0.25) is 0 Å². The molecule has 0 spiro atoms. The van der Waals surface area contributed by atoms with E-state index in [0.29, 0.717) is 11.8 Å². The molecule has 0 aromatic rings. The van der Waals surface area contributed by atoms with Crippen LogP contribution in [0.3, 0.4) is 0 Å². The molecule has 2 heteroatoms. The summed E-state index contributed by atoms with van der Waals surface area (Å²) in [5.74, 6) is 1.36. The second-order valence-electron chi connectivity index (χ2n) is 4.32. The molecule has 2 nitrogen and oxygen atoms in total. The minimum atomic E-state index is 0.679. The SMILES string of the molecule is CC(C)CC[N+](=[N-])CCC(C)C. The van der Waals surface area contributed by atoms with Gasteiger partial charge in [-0.1, -0.05) is 27.7 Å². The van der Waals surface area contributed by atoms with Gasteiger partial charge in [0.25, 0.3) is 0 Å². The second-order valence-corrected chi connectivity index (χ2v) is 4.32. The van der Waals surface area contributed by atoms with Gasteiger partial charge in [-0.15, -0.1) is 0 Å². The lowest BCUT2D eigenvalue weighted by Gasteiger charge is -2.09. The van der Waals surface area contributed by atoms with E-state index in [2.05, 4.69) is 27.7 Å². The van der Waals surface area contributed by atoms with E-state index in [-0.39, 0.29) is 0 Å². The van der Waals surface area contributed by atoms with E-state index < -0.39 is 0 Å². The van der Waals surface area contributed by atoms with Gasteiger partial charge in [0.15, 0.2) is 0 Å². The minimum Gasteiger partial charge on any atom is -0.507 e. The first-order valence-electron chi connectivity index (χ1n) is 4.96. The quantitative estimate of drug-likeness (QED) is 0.432. The van der Waals surface area contributed by atoms with Crippen LogP contribution in [0.5, 0.6) is 0 Å². The molecule has 0 atom stereocenters. The normalized spacial score (nSPS) is 11.2. The third-order valence-electron chi connectivity index (χ3n) is 1.93. The maximum Gasteiger partial charge on any atom is 0.131 e. The van der Waals surface area contributed by atoms with Gasteiger partial charge in [-0.2, -0.15) is 0 Å². The van der Waals surface area contributed by atoms with Gasteiger partial charge in [0.05, 0.1) is 0 Å². The van der Waals surface area contributed by atoms with Crippen LogP contribution < -0.4 is 0 Å². The fourth-order valence-corrected chi connectivity index (χ4v) is 0.926. The van der Waals surface area contributed by atoms with E-state index in [1.807, 2.05) is 0 Å². The summed E-state index contributed by atoms with van der Waals surface area (Å²) in [4.78, 5) is 0. The fourth-order valence-electron chi connectivity index (χ4n) is 0.926. The maximum absolute atomic E-state index is 9.38. The van der Waals surface area contributed by atoms with Gasteiger partial charge in [-0.05, 0) is 11.8 Å². The van der Waals surface area contributed by atoms with Crippen molar-refractivity contribution in [2.75, 3.05) is 13.1 Å². The Labute approximate surface area is 76.5 Å². The molecule has 0 bridgehead atoms. The molecule has 0 aliphatic heterocycles. The van der Waals surface area contributed by atoms with Gasteiger partial charge in [-0.25, -0.2) is 0 Å². The van der Waals surface area contributed by atoms with Crippen molar-refractivity contribution in [3.05, 3.63) is 5.53 Å². The van der Waals surface area contributed by atoms with Crippen molar-refractivity contribution in [1.82, 2.24) is 0 Å². The molecule has 0 radical (unpaired) electrons. The molecule has 0 aromatic heterocycles. The summed E-state index contributed by atoms with van der Waals surface area (Å²) >= 11 is 0. The first-order valence-corrected chi connectivity index (χ1v) is 4.96. The molecule has 72 valence electrons. The van der Waals surface area contributed by atoms with Crippen molar-refractivity contribution in [2.24, 2.45) is 11.8 Å². The summed E-state index contributed by atoms with van der Waals surface area (Å²) in [5, 5.41) is 0. The maximum atomic E-state index is 9.38. The zero-order valence-corrected chi connectivity index (χ0v) is 8.88. The van der Waals surface area contributed by atoms with E-state index in [1.54, 1.807) is 0 Å². The Balaban J connectivity index is 3.34. The molecule has 12 heavy (non-hydrogen) atoms. The average molecular weight is 170 g/mol. The van der Waals surface area contributed by atoms with Gasteiger partial charge in [0.1, 0.15) is 13.1 Å². The smallest absolute Gasteiger partial charge is 0.131 e. The molecule has 0 unspecified atom stereocenters. The standard InChI is InChI=1S/C10H22N2/c1-9(2)5-7-12(11)8-6-10(3)4/h9-10H,5-8H2,1-4H3. The molecule has 0 heterocycles. The molecule has 0 aliphatic rings. The molecule has 0 amide bonds. The van der Waals surface area contributed by atoms with Crippen LogP contribution in [0.15, 0.2) is 0 Å². The number of rotatable bonds is 6. The highest BCUT2D eigenvalue weighted by atomic mass is 15.2. The highest BCUT2D eigenvalue weighted by Crippen LogP contribution is 2.02. The van der Waals surface area contributed by atoms with E-state index in [1.165, 1.54) is 4.70 Å². The Morgan fingerprint density at radius 2 is 1.25 bits per heavy atom. The topological polar surface area (TPSA) is 25.3 Å². The molecule has 0 aliphatic carbocycles. The van der Waals surface area contributed by atoms with E-state index >= 15 is 0 Å². The monoisotopic (exact) mass is 170 g/mol. The third-order valence-corrected chi connectivity index (χ3v) is 1.93. The highest BCUT2D eigenvalue weighted by Gasteiger charge is 2.01. The van der Waals surface area contributed by atoms with Crippen LogP contribution in [0.25, 0.3) is 5.53 Å². The summed E-state index contributed by atoms with van der Waals surface area (Å²) in [5.41, 5.74) is 9.38. The lowest BCUT2D eigenvalue weighted by atomic mass is 10.1. The molecule has 0 rings (SSSR count).